The van der Waals surface area contributed by atoms with Crippen molar-refractivity contribution in [2.75, 3.05) is 0 Å². The zero-order valence-electron chi connectivity index (χ0n) is 10.4. The number of carbonyl (C=O) groups is 2. The molecule has 2 saturated heterocycles. The smallest absolute Gasteiger partial charge is 0.308 e. The molecule has 1 aromatic heterocycles. The van der Waals surface area contributed by atoms with E-state index in [1.54, 1.807) is 4.90 Å². The summed E-state index contributed by atoms with van der Waals surface area (Å²) in [6.45, 7) is 0. The van der Waals surface area contributed by atoms with Gasteiger partial charge in [0, 0.05) is 12.1 Å². The number of carboxylic acid groups (broad SMARTS) is 1. The van der Waals surface area contributed by atoms with Gasteiger partial charge in [0.05, 0.1) is 17.7 Å². The van der Waals surface area contributed by atoms with Crippen LogP contribution in [-0.2, 0) is 4.79 Å². The van der Waals surface area contributed by atoms with E-state index in [4.69, 9.17) is 16.7 Å². The molecule has 2 aliphatic heterocycles. The van der Waals surface area contributed by atoms with Gasteiger partial charge in [-0.2, -0.15) is 0 Å². The second-order valence-corrected chi connectivity index (χ2v) is 5.54. The van der Waals surface area contributed by atoms with E-state index in [2.05, 4.69) is 4.98 Å². The second-order valence-electron chi connectivity index (χ2n) is 5.18. The van der Waals surface area contributed by atoms with Crippen LogP contribution in [-0.4, -0.2) is 39.0 Å². The Kier molecular flexibility index (Phi) is 3.12. The molecule has 2 bridgehead atoms. The molecule has 0 spiro atoms. The topological polar surface area (TPSA) is 70.5 Å². The third kappa shape index (κ3) is 1.95. The molecule has 1 aromatic rings. The molecule has 0 aromatic carbocycles. The molecule has 7 heteroatoms. The summed E-state index contributed by atoms with van der Waals surface area (Å²) in [5.41, 5.74) is -0.00499. The molecule has 106 valence electrons. The van der Waals surface area contributed by atoms with Gasteiger partial charge in [0.1, 0.15) is 11.0 Å². The summed E-state index contributed by atoms with van der Waals surface area (Å²) in [6.07, 6.45) is 2.83. The molecule has 2 fully saturated rings. The molecule has 0 saturated carbocycles. The number of halogens is 2. The van der Waals surface area contributed by atoms with Gasteiger partial charge in [0.25, 0.3) is 5.91 Å². The predicted molar refractivity (Wildman–Crippen MR) is 67.9 cm³/mol. The van der Waals surface area contributed by atoms with Crippen LogP contribution in [0.25, 0.3) is 0 Å². The molecular weight excluding hydrogens is 287 g/mol. The number of hydrogen-bond acceptors (Lipinski definition) is 3. The highest BCUT2D eigenvalue weighted by molar-refractivity contribution is 6.32. The van der Waals surface area contributed by atoms with Gasteiger partial charge in [-0.15, -0.1) is 0 Å². The zero-order chi connectivity index (χ0) is 14.4. The van der Waals surface area contributed by atoms with Crippen molar-refractivity contribution in [2.45, 2.75) is 31.3 Å². The lowest BCUT2D eigenvalue weighted by Gasteiger charge is -2.23. The molecule has 3 heterocycles. The minimum Gasteiger partial charge on any atom is -0.481 e. The first-order chi connectivity index (χ1) is 9.49. The first kappa shape index (κ1) is 13.3. The van der Waals surface area contributed by atoms with Crippen LogP contribution in [0.4, 0.5) is 4.39 Å². The first-order valence-corrected chi connectivity index (χ1v) is 6.73. The van der Waals surface area contributed by atoms with E-state index >= 15 is 0 Å². The lowest BCUT2D eigenvalue weighted by atomic mass is 9.89. The largest absolute Gasteiger partial charge is 0.481 e. The molecule has 3 rings (SSSR count). The number of aliphatic carboxylic acids is 1. The third-order valence-electron chi connectivity index (χ3n) is 4.12. The maximum atomic E-state index is 13.2. The van der Waals surface area contributed by atoms with Gasteiger partial charge in [0.15, 0.2) is 0 Å². The zero-order valence-corrected chi connectivity index (χ0v) is 11.2. The molecule has 1 N–H and O–H groups in total. The van der Waals surface area contributed by atoms with Crippen molar-refractivity contribution in [3.8, 4) is 0 Å². The number of hydrogen-bond donors (Lipinski definition) is 1. The number of aromatic nitrogens is 1. The third-order valence-corrected chi connectivity index (χ3v) is 4.43. The molecule has 0 aliphatic carbocycles. The van der Waals surface area contributed by atoms with Crippen LogP contribution in [0, 0.1) is 11.7 Å². The van der Waals surface area contributed by atoms with Crippen molar-refractivity contribution >= 4 is 23.5 Å². The fourth-order valence-corrected chi connectivity index (χ4v) is 3.47. The van der Waals surface area contributed by atoms with Crippen LogP contribution in [0.2, 0.25) is 5.15 Å². The Morgan fingerprint density at radius 2 is 2.20 bits per heavy atom. The predicted octanol–water partition coefficient (Wildman–Crippen LogP) is 1.95. The number of carbonyl (C=O) groups excluding carboxylic acids is 1. The Morgan fingerprint density at radius 1 is 1.45 bits per heavy atom. The van der Waals surface area contributed by atoms with E-state index in [1.165, 1.54) is 0 Å². The van der Waals surface area contributed by atoms with Crippen molar-refractivity contribution in [2.24, 2.45) is 5.92 Å². The molecule has 2 aliphatic rings. The quantitative estimate of drug-likeness (QED) is 0.847. The van der Waals surface area contributed by atoms with Crippen molar-refractivity contribution < 1.29 is 19.1 Å². The second kappa shape index (κ2) is 4.70. The van der Waals surface area contributed by atoms with Gasteiger partial charge >= 0.3 is 5.97 Å². The van der Waals surface area contributed by atoms with E-state index in [0.29, 0.717) is 12.8 Å². The number of amides is 1. The molecular formula is C13H12ClFN2O3. The van der Waals surface area contributed by atoms with Crippen LogP contribution in [0.1, 0.15) is 29.6 Å². The summed E-state index contributed by atoms with van der Waals surface area (Å²) in [5, 5.41) is 9.11. The van der Waals surface area contributed by atoms with Gasteiger partial charge in [-0.1, -0.05) is 11.6 Å². The summed E-state index contributed by atoms with van der Waals surface area (Å²) < 4.78 is 13.2. The number of fused-ring (bicyclic) bond motifs is 2. The Labute approximate surface area is 119 Å². The van der Waals surface area contributed by atoms with Gasteiger partial charge in [-0.05, 0) is 25.3 Å². The highest BCUT2D eigenvalue weighted by Crippen LogP contribution is 2.42. The minimum atomic E-state index is -0.890. The van der Waals surface area contributed by atoms with E-state index in [0.717, 1.165) is 18.7 Å². The number of rotatable bonds is 2. The Balaban J connectivity index is 1.92. The lowest BCUT2D eigenvalue weighted by molar-refractivity contribution is -0.142. The maximum Gasteiger partial charge on any atom is 0.308 e. The number of nitrogens with zero attached hydrogens (tertiary/aromatic N) is 2. The van der Waals surface area contributed by atoms with E-state index in [1.807, 2.05) is 0 Å². The van der Waals surface area contributed by atoms with Crippen LogP contribution >= 0.6 is 11.6 Å². The van der Waals surface area contributed by atoms with Crippen LogP contribution in [0.3, 0.4) is 0 Å². The molecule has 3 unspecified atom stereocenters. The molecule has 0 radical (unpaired) electrons. The van der Waals surface area contributed by atoms with Crippen molar-refractivity contribution in [1.82, 2.24) is 9.88 Å². The van der Waals surface area contributed by atoms with Crippen LogP contribution in [0.15, 0.2) is 12.3 Å². The molecule has 3 atom stereocenters. The minimum absolute atomic E-state index is 0.00499. The SMILES string of the molecule is O=C(O)C1CC2CCC1N2C(=O)c1cc(F)cnc1Cl. The highest BCUT2D eigenvalue weighted by atomic mass is 35.5. The Hall–Kier alpha value is -1.69. The average Bonchev–Trinajstić information content (AvgIpc) is 2.98. The maximum absolute atomic E-state index is 13.2. The highest BCUT2D eigenvalue weighted by Gasteiger charge is 2.51. The van der Waals surface area contributed by atoms with Crippen molar-refractivity contribution in [3.05, 3.63) is 28.8 Å². The van der Waals surface area contributed by atoms with Gasteiger partial charge in [0.2, 0.25) is 0 Å². The Bertz CT molecular complexity index is 595. The van der Waals surface area contributed by atoms with E-state index in [9.17, 15) is 14.0 Å². The van der Waals surface area contributed by atoms with Gasteiger partial charge < -0.3 is 10.0 Å². The van der Waals surface area contributed by atoms with Crippen LogP contribution < -0.4 is 0 Å². The van der Waals surface area contributed by atoms with Crippen molar-refractivity contribution in [3.63, 3.8) is 0 Å². The summed E-state index contributed by atoms with van der Waals surface area (Å²) in [7, 11) is 0. The standard InChI is InChI=1S/C13H12ClFN2O3/c14-11-9(3-6(15)5-16-11)12(18)17-7-1-2-10(17)8(4-7)13(19)20/h3,5,7-8,10H,1-2,4H2,(H,19,20). The number of carboxylic acids is 1. The van der Waals surface area contributed by atoms with Crippen molar-refractivity contribution in [1.29, 1.82) is 0 Å². The molecule has 20 heavy (non-hydrogen) atoms. The van der Waals surface area contributed by atoms with Gasteiger partial charge in [-0.3, -0.25) is 9.59 Å². The van der Waals surface area contributed by atoms with Crippen LogP contribution in [0.5, 0.6) is 0 Å². The average molecular weight is 299 g/mol. The van der Waals surface area contributed by atoms with Gasteiger partial charge in [-0.25, -0.2) is 9.37 Å². The lowest BCUT2D eigenvalue weighted by Crippen LogP contribution is -2.38. The fraction of sp³-hybridized carbons (Fsp3) is 0.462. The summed E-state index contributed by atoms with van der Waals surface area (Å²) in [5.74, 6) is -2.51. The Morgan fingerprint density at radius 3 is 2.85 bits per heavy atom. The fourth-order valence-electron chi connectivity index (χ4n) is 3.28. The summed E-state index contributed by atoms with van der Waals surface area (Å²) >= 11 is 5.84. The normalized spacial score (nSPS) is 27.9. The molecule has 1 amide bonds. The molecule has 5 nitrogen and oxygen atoms in total. The number of pyridine rings is 1. The monoisotopic (exact) mass is 298 g/mol. The first-order valence-electron chi connectivity index (χ1n) is 6.35. The summed E-state index contributed by atoms with van der Waals surface area (Å²) in [4.78, 5) is 28.8. The summed E-state index contributed by atoms with van der Waals surface area (Å²) in [6, 6.07) is 0.614. The van der Waals surface area contributed by atoms with E-state index in [-0.39, 0.29) is 22.8 Å². The van der Waals surface area contributed by atoms with E-state index < -0.39 is 23.6 Å².